The van der Waals surface area contributed by atoms with Crippen LogP contribution in [0, 0.1) is 16.7 Å². The van der Waals surface area contributed by atoms with Gasteiger partial charge in [-0.3, -0.25) is 9.69 Å². The van der Waals surface area contributed by atoms with Gasteiger partial charge in [-0.1, -0.05) is 37.6 Å². The van der Waals surface area contributed by atoms with Crippen LogP contribution in [0.15, 0.2) is 83.0 Å². The fourth-order valence-electron chi connectivity index (χ4n) is 5.57. The fraction of sp³-hybridized carbons (Fsp3) is 0.241. The Hall–Kier alpha value is -3.93. The molecule has 4 heterocycles. The largest absolute Gasteiger partial charge is 0.384 e. The maximum absolute atomic E-state index is 13.8. The van der Waals surface area contributed by atoms with Gasteiger partial charge in [0.15, 0.2) is 10.9 Å². The van der Waals surface area contributed by atoms with E-state index in [0.29, 0.717) is 36.2 Å². The first-order valence-corrected chi connectivity index (χ1v) is 13.6. The lowest BCUT2D eigenvalue weighted by atomic mass is 9.69. The monoisotopic (exact) mass is 540 g/mol. The summed E-state index contributed by atoms with van der Waals surface area (Å²) >= 11 is 8.04. The van der Waals surface area contributed by atoms with Crippen molar-refractivity contribution in [1.82, 2.24) is 14.5 Å². The molecule has 1 aromatic carbocycles. The second-order valence-corrected chi connectivity index (χ2v) is 11.8. The molecule has 2 N–H and O–H groups in total. The number of anilines is 1. The number of Topliss-reactive ketones (excluding diaryl/α,β-unsaturated/α-hetero) is 1. The third kappa shape index (κ3) is 3.99. The van der Waals surface area contributed by atoms with E-state index in [-0.39, 0.29) is 22.2 Å². The van der Waals surface area contributed by atoms with Gasteiger partial charge in [0.25, 0.3) is 0 Å². The molecule has 4 aromatic rings. The highest BCUT2D eigenvalue weighted by atomic mass is 35.5. The minimum atomic E-state index is -0.524. The number of allylic oxidation sites excluding steroid dienone is 3. The van der Waals surface area contributed by atoms with E-state index >= 15 is 0 Å². The Balaban J connectivity index is 1.47. The van der Waals surface area contributed by atoms with E-state index in [2.05, 4.69) is 45.9 Å². The van der Waals surface area contributed by atoms with Crippen molar-refractivity contribution in [3.63, 3.8) is 0 Å². The molecule has 0 spiro atoms. The van der Waals surface area contributed by atoms with Crippen molar-refractivity contribution in [3.05, 3.63) is 98.6 Å². The van der Waals surface area contributed by atoms with Crippen molar-refractivity contribution >= 4 is 45.4 Å². The second kappa shape index (κ2) is 9.12. The molecule has 0 saturated heterocycles. The van der Waals surface area contributed by atoms with Gasteiger partial charge in [-0.05, 0) is 53.1 Å². The molecule has 0 radical (unpaired) electrons. The van der Waals surface area contributed by atoms with Crippen molar-refractivity contribution in [3.8, 4) is 6.07 Å². The number of halogens is 1. The van der Waals surface area contributed by atoms with Crippen LogP contribution in [0.3, 0.4) is 0 Å². The quantitative estimate of drug-likeness (QED) is 0.312. The van der Waals surface area contributed by atoms with Crippen molar-refractivity contribution in [1.29, 1.82) is 5.26 Å². The van der Waals surface area contributed by atoms with Crippen LogP contribution < -0.4 is 10.6 Å². The molecular weight excluding hydrogens is 516 g/mol. The highest BCUT2D eigenvalue weighted by Gasteiger charge is 2.45. The minimum absolute atomic E-state index is 0.0297. The lowest BCUT2D eigenvalue weighted by Crippen LogP contribution is -2.42. The molecule has 1 aliphatic carbocycles. The van der Waals surface area contributed by atoms with Crippen LogP contribution in [0.25, 0.3) is 11.0 Å². The van der Waals surface area contributed by atoms with Crippen molar-refractivity contribution in [2.45, 2.75) is 39.2 Å². The van der Waals surface area contributed by atoms with Crippen molar-refractivity contribution in [2.24, 2.45) is 11.1 Å². The van der Waals surface area contributed by atoms with Crippen LogP contribution in [0.5, 0.6) is 0 Å². The van der Waals surface area contributed by atoms with Gasteiger partial charge < -0.3 is 10.3 Å². The van der Waals surface area contributed by atoms with Gasteiger partial charge in [-0.2, -0.15) is 5.26 Å². The Morgan fingerprint density at radius 1 is 1.21 bits per heavy atom. The Bertz CT molecular complexity index is 1700. The van der Waals surface area contributed by atoms with Gasteiger partial charge in [-0.15, -0.1) is 11.3 Å². The predicted octanol–water partition coefficient (Wildman–Crippen LogP) is 6.14. The van der Waals surface area contributed by atoms with E-state index in [4.69, 9.17) is 17.3 Å². The number of hydrogen-bond donors (Lipinski definition) is 1. The number of carbonyl (C=O) groups is 1. The standard InChI is InChI=1S/C29H25ClN6OS/c1-29(2)11-22-26(23(37)12-29)25(18(13-31)28(32)36(22)21-8-5-9-33-27(21)30)24-10-17(15-38-24)14-35-16-34-19-6-3-4-7-20(19)35/h3-10,15-16,25H,11-12,14,32H2,1-2H3/t25-/m0/s1. The van der Waals surface area contributed by atoms with Crippen LogP contribution in [0.1, 0.15) is 43.0 Å². The summed E-state index contributed by atoms with van der Waals surface area (Å²) in [5.74, 6) is -0.210. The first-order chi connectivity index (χ1) is 18.3. The van der Waals surface area contributed by atoms with Gasteiger partial charge >= 0.3 is 0 Å². The summed E-state index contributed by atoms with van der Waals surface area (Å²) in [5.41, 5.74) is 11.9. The highest BCUT2D eigenvalue weighted by molar-refractivity contribution is 7.10. The summed E-state index contributed by atoms with van der Waals surface area (Å²) in [5, 5.41) is 12.7. The molecule has 0 bridgehead atoms. The van der Waals surface area contributed by atoms with E-state index in [0.717, 1.165) is 27.2 Å². The van der Waals surface area contributed by atoms with E-state index in [1.54, 1.807) is 28.5 Å². The van der Waals surface area contributed by atoms with Gasteiger partial charge in [-0.25, -0.2) is 9.97 Å². The number of rotatable bonds is 4. The van der Waals surface area contributed by atoms with Gasteiger partial charge in [0, 0.05) is 35.3 Å². The predicted molar refractivity (Wildman–Crippen MR) is 149 cm³/mol. The molecule has 0 saturated carbocycles. The maximum Gasteiger partial charge on any atom is 0.162 e. The van der Waals surface area contributed by atoms with E-state index in [1.165, 1.54) is 0 Å². The highest BCUT2D eigenvalue weighted by Crippen LogP contribution is 2.51. The molecule has 0 fully saturated rings. The number of fused-ring (bicyclic) bond motifs is 1. The average Bonchev–Trinajstić information content (AvgIpc) is 3.51. The molecule has 1 atom stereocenters. The van der Waals surface area contributed by atoms with Gasteiger partial charge in [0.05, 0.1) is 40.6 Å². The van der Waals surface area contributed by atoms with Crippen LogP contribution >= 0.6 is 22.9 Å². The zero-order valence-electron chi connectivity index (χ0n) is 21.0. The van der Waals surface area contributed by atoms with Gasteiger partial charge in [0.1, 0.15) is 5.82 Å². The molecule has 38 heavy (non-hydrogen) atoms. The van der Waals surface area contributed by atoms with Crippen LogP contribution in [-0.4, -0.2) is 20.3 Å². The number of ketones is 1. The fourth-order valence-corrected chi connectivity index (χ4v) is 6.80. The molecule has 9 heteroatoms. The molecule has 0 amide bonds. The average molecular weight is 541 g/mol. The third-order valence-electron chi connectivity index (χ3n) is 7.20. The summed E-state index contributed by atoms with van der Waals surface area (Å²) in [6, 6.07) is 16.0. The number of nitriles is 1. The Morgan fingerprint density at radius 2 is 2.03 bits per heavy atom. The lowest BCUT2D eigenvalue weighted by Gasteiger charge is -2.43. The molecule has 2 aliphatic rings. The Kier molecular flexibility index (Phi) is 5.86. The van der Waals surface area contributed by atoms with Crippen LogP contribution in [-0.2, 0) is 11.3 Å². The normalized spacial score (nSPS) is 19.2. The molecule has 3 aromatic heterocycles. The van der Waals surface area contributed by atoms with E-state index < -0.39 is 5.92 Å². The zero-order chi connectivity index (χ0) is 26.6. The number of thiophene rings is 1. The number of carbonyl (C=O) groups excluding carboxylic acids is 1. The smallest absolute Gasteiger partial charge is 0.162 e. The van der Waals surface area contributed by atoms with E-state index in [9.17, 15) is 10.1 Å². The van der Waals surface area contributed by atoms with E-state index in [1.807, 2.05) is 36.7 Å². The van der Waals surface area contributed by atoms with Crippen molar-refractivity contribution < 1.29 is 4.79 Å². The lowest BCUT2D eigenvalue weighted by molar-refractivity contribution is -0.118. The number of hydrogen-bond acceptors (Lipinski definition) is 7. The molecule has 1 aliphatic heterocycles. The third-order valence-corrected chi connectivity index (χ3v) is 8.54. The molecule has 190 valence electrons. The minimum Gasteiger partial charge on any atom is -0.384 e. The first kappa shape index (κ1) is 24.4. The Labute approximate surface area is 229 Å². The topological polar surface area (TPSA) is 101 Å². The summed E-state index contributed by atoms with van der Waals surface area (Å²) in [6.07, 6.45) is 4.46. The van der Waals surface area contributed by atoms with Crippen molar-refractivity contribution in [2.75, 3.05) is 4.90 Å². The zero-order valence-corrected chi connectivity index (χ0v) is 22.6. The molecule has 0 unspecified atom stereocenters. The first-order valence-electron chi connectivity index (χ1n) is 12.3. The number of benzene rings is 1. The number of aromatic nitrogens is 3. The second-order valence-electron chi connectivity index (χ2n) is 10.5. The number of nitrogens with two attached hydrogens (primary N) is 1. The maximum atomic E-state index is 13.8. The Morgan fingerprint density at radius 3 is 2.82 bits per heavy atom. The molecule has 7 nitrogen and oxygen atoms in total. The summed E-state index contributed by atoms with van der Waals surface area (Å²) in [4.78, 5) is 25.2. The van der Waals surface area contributed by atoms with Gasteiger partial charge in [0.2, 0.25) is 0 Å². The summed E-state index contributed by atoms with van der Waals surface area (Å²) in [7, 11) is 0. The number of para-hydroxylation sites is 2. The number of nitrogens with zero attached hydrogens (tertiary/aromatic N) is 5. The summed E-state index contributed by atoms with van der Waals surface area (Å²) in [6.45, 7) is 4.78. The van der Waals surface area contributed by atoms with Crippen LogP contribution in [0.2, 0.25) is 5.15 Å². The SMILES string of the molecule is CC1(C)CC(=O)C2=C(C1)N(c1cccnc1Cl)C(N)=C(C#N)[C@H]2c1cc(Cn2cnc3ccccc32)cs1. The summed E-state index contributed by atoms with van der Waals surface area (Å²) < 4.78 is 2.10. The number of pyridine rings is 1. The molecule has 6 rings (SSSR count). The number of imidazole rings is 1. The molecular formula is C29H25ClN6OS. The van der Waals surface area contributed by atoms with Crippen LogP contribution in [0.4, 0.5) is 5.69 Å².